The highest BCUT2D eigenvalue weighted by atomic mass is 79.9. The van der Waals surface area contributed by atoms with E-state index >= 15 is 0 Å². The number of esters is 1. The molecule has 1 aromatic carbocycles. The van der Waals surface area contributed by atoms with Gasteiger partial charge in [0.2, 0.25) is 0 Å². The minimum absolute atomic E-state index is 0.0503. The van der Waals surface area contributed by atoms with Gasteiger partial charge in [-0.15, -0.1) is 0 Å². The Labute approximate surface area is 108 Å². The number of rotatable bonds is 3. The first-order valence-electron chi connectivity index (χ1n) is 5.60. The van der Waals surface area contributed by atoms with E-state index in [1.807, 2.05) is 18.2 Å². The molecule has 1 unspecified atom stereocenters. The van der Waals surface area contributed by atoms with E-state index in [-0.39, 0.29) is 24.1 Å². The van der Waals surface area contributed by atoms with Crippen molar-refractivity contribution >= 4 is 27.7 Å². The summed E-state index contributed by atoms with van der Waals surface area (Å²) < 4.78 is 5.82. The molecule has 0 spiro atoms. The number of ketones is 1. The fourth-order valence-corrected chi connectivity index (χ4v) is 2.67. The van der Waals surface area contributed by atoms with Gasteiger partial charge in [0.25, 0.3) is 0 Å². The number of Topliss-reactive ketones (excluding diaryl/α,β-unsaturated/α-hetero) is 1. The molecule has 90 valence electrons. The van der Waals surface area contributed by atoms with Gasteiger partial charge < -0.3 is 4.74 Å². The van der Waals surface area contributed by atoms with Gasteiger partial charge >= 0.3 is 5.97 Å². The molecule has 0 radical (unpaired) electrons. The lowest BCUT2D eigenvalue weighted by Gasteiger charge is -2.06. The molecule has 0 saturated heterocycles. The second kappa shape index (κ2) is 5.00. The molecular weight excluding hydrogens is 284 g/mol. The van der Waals surface area contributed by atoms with E-state index in [2.05, 4.69) is 15.9 Å². The lowest BCUT2D eigenvalue weighted by atomic mass is 10.0. The van der Waals surface area contributed by atoms with Crippen molar-refractivity contribution in [2.24, 2.45) is 5.92 Å². The largest absolute Gasteiger partial charge is 0.466 e. The van der Waals surface area contributed by atoms with Crippen molar-refractivity contribution in [3.05, 3.63) is 33.8 Å². The van der Waals surface area contributed by atoms with Crippen molar-refractivity contribution in [3.8, 4) is 0 Å². The standard InChI is InChI=1S/C13H13BrO3/c1-2-17-12(15)7-8-6-10-9(13(8)16)4-3-5-11(10)14/h3-5,8H,2,6-7H2,1H3. The van der Waals surface area contributed by atoms with Crippen LogP contribution in [0.5, 0.6) is 0 Å². The highest BCUT2D eigenvalue weighted by molar-refractivity contribution is 9.10. The Bertz CT molecular complexity index is 468. The van der Waals surface area contributed by atoms with E-state index in [4.69, 9.17) is 4.74 Å². The van der Waals surface area contributed by atoms with Crippen LogP contribution in [0.4, 0.5) is 0 Å². The monoisotopic (exact) mass is 296 g/mol. The molecule has 0 aromatic heterocycles. The molecule has 4 heteroatoms. The Morgan fingerprint density at radius 3 is 2.94 bits per heavy atom. The molecule has 0 aliphatic heterocycles. The third-order valence-electron chi connectivity index (χ3n) is 2.92. The Kier molecular flexibility index (Phi) is 3.62. The minimum atomic E-state index is -0.297. The molecule has 3 nitrogen and oxygen atoms in total. The molecule has 1 atom stereocenters. The summed E-state index contributed by atoms with van der Waals surface area (Å²) in [6.07, 6.45) is 0.794. The maximum absolute atomic E-state index is 12.1. The van der Waals surface area contributed by atoms with Crippen LogP contribution in [0.3, 0.4) is 0 Å². The predicted octanol–water partition coefficient (Wildman–Crippen LogP) is 2.76. The maximum Gasteiger partial charge on any atom is 0.306 e. The first-order valence-corrected chi connectivity index (χ1v) is 6.40. The van der Waals surface area contributed by atoms with Crippen LogP contribution < -0.4 is 0 Å². The normalized spacial score (nSPS) is 18.0. The molecule has 0 bridgehead atoms. The van der Waals surface area contributed by atoms with E-state index < -0.39 is 0 Å². The van der Waals surface area contributed by atoms with Crippen molar-refractivity contribution < 1.29 is 14.3 Å². The van der Waals surface area contributed by atoms with Crippen LogP contribution >= 0.6 is 15.9 Å². The quantitative estimate of drug-likeness (QED) is 0.806. The van der Waals surface area contributed by atoms with Crippen molar-refractivity contribution in [1.29, 1.82) is 0 Å². The molecule has 0 saturated carbocycles. The van der Waals surface area contributed by atoms with Gasteiger partial charge in [0.05, 0.1) is 13.0 Å². The number of benzene rings is 1. The van der Waals surface area contributed by atoms with Gasteiger partial charge in [0, 0.05) is 16.0 Å². The van der Waals surface area contributed by atoms with E-state index in [0.717, 1.165) is 15.6 Å². The van der Waals surface area contributed by atoms with Crippen molar-refractivity contribution in [2.75, 3.05) is 6.61 Å². The molecule has 0 fully saturated rings. The van der Waals surface area contributed by atoms with Crippen molar-refractivity contribution in [1.82, 2.24) is 0 Å². The summed E-state index contributed by atoms with van der Waals surface area (Å²) in [4.78, 5) is 23.5. The maximum atomic E-state index is 12.1. The highest BCUT2D eigenvalue weighted by Gasteiger charge is 2.33. The van der Waals surface area contributed by atoms with Gasteiger partial charge in [0.1, 0.15) is 0 Å². The third kappa shape index (κ3) is 2.41. The highest BCUT2D eigenvalue weighted by Crippen LogP contribution is 2.33. The molecule has 2 rings (SSSR count). The molecule has 0 amide bonds. The van der Waals surface area contributed by atoms with Gasteiger partial charge in [-0.2, -0.15) is 0 Å². The second-order valence-corrected chi connectivity index (χ2v) is 4.89. The van der Waals surface area contributed by atoms with Gasteiger partial charge in [0.15, 0.2) is 5.78 Å². The van der Waals surface area contributed by atoms with E-state index in [1.165, 1.54) is 0 Å². The van der Waals surface area contributed by atoms with E-state index in [1.54, 1.807) is 6.92 Å². The first-order chi connectivity index (χ1) is 8.13. The lowest BCUT2D eigenvalue weighted by molar-refractivity contribution is -0.143. The average Bonchev–Trinajstić information content (AvgIpc) is 2.59. The smallest absolute Gasteiger partial charge is 0.306 e. The molecule has 1 aromatic rings. The van der Waals surface area contributed by atoms with Crippen LogP contribution in [0.25, 0.3) is 0 Å². The van der Waals surface area contributed by atoms with Crippen LogP contribution in [0, 0.1) is 5.92 Å². The fraction of sp³-hybridized carbons (Fsp3) is 0.385. The van der Waals surface area contributed by atoms with Crippen LogP contribution in [0.2, 0.25) is 0 Å². The summed E-state index contributed by atoms with van der Waals surface area (Å²) in [5.74, 6) is -0.508. The Morgan fingerprint density at radius 1 is 1.53 bits per heavy atom. The zero-order valence-electron chi connectivity index (χ0n) is 9.53. The van der Waals surface area contributed by atoms with Gasteiger partial charge in [-0.25, -0.2) is 0 Å². The molecule has 1 aliphatic carbocycles. The summed E-state index contributed by atoms with van der Waals surface area (Å²) >= 11 is 3.43. The Morgan fingerprint density at radius 2 is 2.29 bits per heavy atom. The number of carbonyl (C=O) groups excluding carboxylic acids is 2. The summed E-state index contributed by atoms with van der Waals surface area (Å²) in [5.41, 5.74) is 1.74. The number of ether oxygens (including phenoxy) is 1. The topological polar surface area (TPSA) is 43.4 Å². The summed E-state index contributed by atoms with van der Waals surface area (Å²) in [6, 6.07) is 5.57. The number of hydrogen-bond acceptors (Lipinski definition) is 3. The second-order valence-electron chi connectivity index (χ2n) is 4.04. The minimum Gasteiger partial charge on any atom is -0.466 e. The predicted molar refractivity (Wildman–Crippen MR) is 66.9 cm³/mol. The third-order valence-corrected chi connectivity index (χ3v) is 3.67. The van der Waals surface area contributed by atoms with Crippen LogP contribution in [-0.4, -0.2) is 18.4 Å². The van der Waals surface area contributed by atoms with Crippen molar-refractivity contribution in [2.45, 2.75) is 19.8 Å². The van der Waals surface area contributed by atoms with Crippen LogP contribution in [0.15, 0.2) is 22.7 Å². The van der Waals surface area contributed by atoms with Gasteiger partial charge in [-0.05, 0) is 25.0 Å². The fourth-order valence-electron chi connectivity index (χ4n) is 2.14. The number of fused-ring (bicyclic) bond motifs is 1. The molecule has 0 N–H and O–H groups in total. The Balaban J connectivity index is 2.15. The zero-order chi connectivity index (χ0) is 12.4. The molecule has 0 heterocycles. The summed E-state index contributed by atoms with van der Waals surface area (Å²) in [7, 11) is 0. The summed E-state index contributed by atoms with van der Waals surface area (Å²) in [5, 5.41) is 0. The van der Waals surface area contributed by atoms with Crippen molar-refractivity contribution in [3.63, 3.8) is 0 Å². The first kappa shape index (κ1) is 12.3. The zero-order valence-corrected chi connectivity index (χ0v) is 11.1. The molecule has 17 heavy (non-hydrogen) atoms. The summed E-state index contributed by atoms with van der Waals surface area (Å²) in [6.45, 7) is 2.12. The average molecular weight is 297 g/mol. The van der Waals surface area contributed by atoms with Gasteiger partial charge in [-0.3, -0.25) is 9.59 Å². The van der Waals surface area contributed by atoms with Gasteiger partial charge in [-0.1, -0.05) is 28.1 Å². The number of hydrogen-bond donors (Lipinski definition) is 0. The lowest BCUT2D eigenvalue weighted by Crippen LogP contribution is -2.16. The molecular formula is C13H13BrO3. The van der Waals surface area contributed by atoms with E-state index in [0.29, 0.717) is 13.0 Å². The SMILES string of the molecule is CCOC(=O)CC1Cc2c(Br)cccc2C1=O. The van der Waals surface area contributed by atoms with Crippen LogP contribution in [0.1, 0.15) is 29.3 Å². The number of halogens is 1. The Hall–Kier alpha value is -1.16. The van der Waals surface area contributed by atoms with Crippen LogP contribution in [-0.2, 0) is 16.0 Å². The number of carbonyl (C=O) groups is 2. The van der Waals surface area contributed by atoms with E-state index in [9.17, 15) is 9.59 Å². The molecule has 1 aliphatic rings.